The van der Waals surface area contributed by atoms with Gasteiger partial charge in [0, 0.05) is 11.1 Å². The van der Waals surface area contributed by atoms with Gasteiger partial charge in [-0.2, -0.15) is 0 Å². The zero-order valence-corrected chi connectivity index (χ0v) is 19.7. The number of aryl methyl sites for hydroxylation is 4. The molecule has 0 aliphatic heterocycles. The predicted molar refractivity (Wildman–Crippen MR) is 134 cm³/mol. The molecule has 2 N–H and O–H groups in total. The number of amides is 1. The van der Waals surface area contributed by atoms with Crippen LogP contribution in [0.2, 0.25) is 5.02 Å². The van der Waals surface area contributed by atoms with Crippen molar-refractivity contribution in [1.82, 2.24) is 10.3 Å². The molecule has 0 radical (unpaired) electrons. The number of fused-ring (bicyclic) bond motifs is 1. The second-order valence-corrected chi connectivity index (χ2v) is 8.69. The first-order valence-electron chi connectivity index (χ1n) is 10.1. The number of thiocarbonyl (C=S) groups is 1. The largest absolute Gasteiger partial charge is 0.436 e. The Morgan fingerprint density at radius 1 is 0.969 bits per heavy atom. The highest BCUT2D eigenvalue weighted by Crippen LogP contribution is 2.31. The van der Waals surface area contributed by atoms with Gasteiger partial charge in [0.05, 0.1) is 10.7 Å². The third-order valence-electron chi connectivity index (χ3n) is 5.14. The molecule has 0 atom stereocenters. The topological polar surface area (TPSA) is 67.2 Å². The van der Waals surface area contributed by atoms with E-state index in [-0.39, 0.29) is 11.0 Å². The van der Waals surface area contributed by atoms with Crippen molar-refractivity contribution in [2.24, 2.45) is 0 Å². The van der Waals surface area contributed by atoms with Gasteiger partial charge in [-0.05, 0) is 86.9 Å². The first-order valence-corrected chi connectivity index (χ1v) is 10.9. The van der Waals surface area contributed by atoms with Crippen LogP contribution in [-0.2, 0) is 0 Å². The molecule has 5 nitrogen and oxygen atoms in total. The first kappa shape index (κ1) is 22.0. The van der Waals surface area contributed by atoms with Crippen LogP contribution < -0.4 is 10.6 Å². The van der Waals surface area contributed by atoms with Crippen molar-refractivity contribution in [3.8, 4) is 11.5 Å². The van der Waals surface area contributed by atoms with E-state index in [1.54, 1.807) is 18.2 Å². The fourth-order valence-electron chi connectivity index (χ4n) is 3.65. The van der Waals surface area contributed by atoms with E-state index in [1.165, 1.54) is 0 Å². The van der Waals surface area contributed by atoms with E-state index in [2.05, 4.69) is 21.7 Å². The molecular formula is C25H22ClN3O2S. The zero-order valence-electron chi connectivity index (χ0n) is 18.2. The molecule has 3 aromatic carbocycles. The number of nitrogens with zero attached hydrogens (tertiary/aromatic N) is 1. The van der Waals surface area contributed by atoms with E-state index in [4.69, 9.17) is 28.2 Å². The molecule has 0 saturated heterocycles. The van der Waals surface area contributed by atoms with Crippen LogP contribution in [0.15, 0.2) is 52.9 Å². The average Bonchev–Trinajstić information content (AvgIpc) is 3.13. The molecule has 0 aliphatic rings. The number of anilines is 1. The van der Waals surface area contributed by atoms with Crippen LogP contribution in [0.3, 0.4) is 0 Å². The fraction of sp³-hybridized carbons (Fsp3) is 0.160. The Morgan fingerprint density at radius 3 is 2.47 bits per heavy atom. The van der Waals surface area contributed by atoms with Gasteiger partial charge in [-0.15, -0.1) is 0 Å². The summed E-state index contributed by atoms with van der Waals surface area (Å²) >= 11 is 11.7. The third kappa shape index (κ3) is 4.52. The number of carbonyl (C=O) groups is 1. The molecular weight excluding hydrogens is 442 g/mol. The Kier molecular flexibility index (Phi) is 6.00. The van der Waals surface area contributed by atoms with Crippen molar-refractivity contribution >= 4 is 51.6 Å². The van der Waals surface area contributed by atoms with Gasteiger partial charge in [0.15, 0.2) is 10.7 Å². The number of carbonyl (C=O) groups excluding carboxylic acids is 1. The maximum atomic E-state index is 12.6. The van der Waals surface area contributed by atoms with Crippen LogP contribution in [0.25, 0.3) is 22.6 Å². The van der Waals surface area contributed by atoms with Gasteiger partial charge in [-0.1, -0.05) is 35.4 Å². The molecule has 1 aromatic heterocycles. The zero-order chi connectivity index (χ0) is 23.0. The van der Waals surface area contributed by atoms with Crippen LogP contribution in [0.4, 0.5) is 5.69 Å². The SMILES string of the molecule is Cc1ccc(C(=O)NC(=S)Nc2cc(-c3nc4cc(C)cc(C)c4o3)ccc2Cl)c(C)c1. The lowest BCUT2D eigenvalue weighted by Crippen LogP contribution is -2.34. The summed E-state index contributed by atoms with van der Waals surface area (Å²) in [6, 6.07) is 15.0. The third-order valence-corrected chi connectivity index (χ3v) is 5.67. The Bertz CT molecular complexity index is 1380. The van der Waals surface area contributed by atoms with Crippen molar-refractivity contribution in [2.75, 3.05) is 5.32 Å². The molecule has 1 amide bonds. The minimum atomic E-state index is -0.280. The molecule has 0 unspecified atom stereocenters. The summed E-state index contributed by atoms with van der Waals surface area (Å²) in [5, 5.41) is 6.32. The van der Waals surface area contributed by atoms with Gasteiger partial charge in [0.25, 0.3) is 5.91 Å². The standard InChI is InChI=1S/C25H22ClN3O2S/c1-13-5-7-18(15(3)9-13)23(30)29-25(32)28-20-12-17(6-8-19(20)26)24-27-21-11-14(2)10-16(4)22(21)31-24/h5-12H,1-4H3,(H2,28,29,30,32). The van der Waals surface area contributed by atoms with Crippen LogP contribution >= 0.6 is 23.8 Å². The molecule has 32 heavy (non-hydrogen) atoms. The monoisotopic (exact) mass is 463 g/mol. The highest BCUT2D eigenvalue weighted by Gasteiger charge is 2.15. The summed E-state index contributed by atoms with van der Waals surface area (Å²) in [4.78, 5) is 17.2. The Morgan fingerprint density at radius 2 is 1.72 bits per heavy atom. The van der Waals surface area contributed by atoms with E-state index < -0.39 is 0 Å². The summed E-state index contributed by atoms with van der Waals surface area (Å²) in [6.45, 7) is 7.89. The maximum absolute atomic E-state index is 12.6. The Hall–Kier alpha value is -3.22. The van der Waals surface area contributed by atoms with Gasteiger partial charge >= 0.3 is 0 Å². The Balaban J connectivity index is 1.56. The summed E-state index contributed by atoms with van der Waals surface area (Å²) in [7, 11) is 0. The number of aromatic nitrogens is 1. The fourth-order valence-corrected chi connectivity index (χ4v) is 4.01. The molecule has 0 fully saturated rings. The average molecular weight is 464 g/mol. The van der Waals surface area contributed by atoms with E-state index >= 15 is 0 Å². The molecule has 1 heterocycles. The maximum Gasteiger partial charge on any atom is 0.257 e. The normalized spacial score (nSPS) is 10.9. The van der Waals surface area contributed by atoms with E-state index in [0.29, 0.717) is 22.2 Å². The number of nitrogens with one attached hydrogen (secondary N) is 2. The minimum absolute atomic E-state index is 0.151. The van der Waals surface area contributed by atoms with Crippen LogP contribution in [0.1, 0.15) is 32.6 Å². The second-order valence-electron chi connectivity index (χ2n) is 7.87. The van der Waals surface area contributed by atoms with Gasteiger partial charge < -0.3 is 9.73 Å². The smallest absolute Gasteiger partial charge is 0.257 e. The molecule has 4 rings (SSSR count). The van der Waals surface area contributed by atoms with E-state index in [0.717, 1.165) is 38.9 Å². The summed E-state index contributed by atoms with van der Waals surface area (Å²) in [5.41, 5.74) is 7.54. The number of rotatable bonds is 3. The van der Waals surface area contributed by atoms with E-state index in [1.807, 2.05) is 52.0 Å². The molecule has 0 spiro atoms. The van der Waals surface area contributed by atoms with Crippen molar-refractivity contribution < 1.29 is 9.21 Å². The Labute approximate surface area is 196 Å². The second kappa shape index (κ2) is 8.73. The number of benzene rings is 3. The van der Waals surface area contributed by atoms with Crippen molar-refractivity contribution in [2.45, 2.75) is 27.7 Å². The highest BCUT2D eigenvalue weighted by molar-refractivity contribution is 7.80. The molecule has 7 heteroatoms. The van der Waals surface area contributed by atoms with Gasteiger partial charge in [0.1, 0.15) is 5.52 Å². The molecule has 162 valence electrons. The van der Waals surface area contributed by atoms with Crippen LogP contribution in [0.5, 0.6) is 0 Å². The summed E-state index contributed by atoms with van der Waals surface area (Å²) in [5.74, 6) is 0.204. The van der Waals surface area contributed by atoms with Gasteiger partial charge in [-0.3, -0.25) is 10.1 Å². The van der Waals surface area contributed by atoms with Gasteiger partial charge in [-0.25, -0.2) is 4.98 Å². The quantitative estimate of drug-likeness (QED) is 0.339. The van der Waals surface area contributed by atoms with Crippen LogP contribution in [0, 0.1) is 27.7 Å². The summed E-state index contributed by atoms with van der Waals surface area (Å²) < 4.78 is 6.00. The number of oxazole rings is 1. The molecule has 0 saturated carbocycles. The predicted octanol–water partition coefficient (Wildman–Crippen LogP) is 6.51. The molecule has 4 aromatic rings. The lowest BCUT2D eigenvalue weighted by atomic mass is 10.1. The van der Waals surface area contributed by atoms with Crippen molar-refractivity contribution in [3.05, 3.63) is 81.4 Å². The highest BCUT2D eigenvalue weighted by atomic mass is 35.5. The van der Waals surface area contributed by atoms with Gasteiger partial charge in [0.2, 0.25) is 5.89 Å². The van der Waals surface area contributed by atoms with E-state index in [9.17, 15) is 4.79 Å². The minimum Gasteiger partial charge on any atom is -0.436 e. The molecule has 0 bridgehead atoms. The first-order chi connectivity index (χ1) is 15.2. The number of hydrogen-bond acceptors (Lipinski definition) is 4. The van der Waals surface area contributed by atoms with Crippen molar-refractivity contribution in [3.63, 3.8) is 0 Å². The van der Waals surface area contributed by atoms with Crippen LogP contribution in [-0.4, -0.2) is 16.0 Å². The number of halogens is 1. The molecule has 0 aliphatic carbocycles. The van der Waals surface area contributed by atoms with Crippen molar-refractivity contribution in [1.29, 1.82) is 0 Å². The lowest BCUT2D eigenvalue weighted by Gasteiger charge is -2.13. The summed E-state index contributed by atoms with van der Waals surface area (Å²) in [6.07, 6.45) is 0. The lowest BCUT2D eigenvalue weighted by molar-refractivity contribution is 0.0977. The number of hydrogen-bond donors (Lipinski definition) is 2.